The molecule has 1 heterocycles. The van der Waals surface area contributed by atoms with Crippen LogP contribution in [0.2, 0.25) is 5.02 Å². The maximum absolute atomic E-state index is 12.9. The maximum Gasteiger partial charge on any atom is 0.430 e. The van der Waals surface area contributed by atoms with Crippen molar-refractivity contribution >= 4 is 29.7 Å². The minimum Gasteiger partial charge on any atom is -0.478 e. The van der Waals surface area contributed by atoms with Crippen molar-refractivity contribution in [3.8, 4) is 5.75 Å². The molecule has 0 amide bonds. The van der Waals surface area contributed by atoms with Crippen molar-refractivity contribution in [3.63, 3.8) is 0 Å². The van der Waals surface area contributed by atoms with Gasteiger partial charge in [0.05, 0.1) is 5.57 Å². The number of carboxylic acids is 1. The van der Waals surface area contributed by atoms with Gasteiger partial charge in [-0.05, 0) is 18.2 Å². The lowest BCUT2D eigenvalue weighted by molar-refractivity contribution is -0.187. The molecule has 0 saturated heterocycles. The fourth-order valence-electron chi connectivity index (χ4n) is 1.87. The molecule has 1 N–H and O–H groups in total. The molecule has 1 aromatic carbocycles. The van der Waals surface area contributed by atoms with Gasteiger partial charge in [-0.2, -0.15) is 13.2 Å². The Hall–Kier alpha value is -2.21. The molecule has 1 aromatic rings. The molecule has 2 rings (SSSR count). The molecule has 0 aliphatic carbocycles. The van der Waals surface area contributed by atoms with Crippen LogP contribution in [0, 0.1) is 0 Å². The number of ether oxygens (including phenoxy) is 1. The Kier molecular flexibility index (Phi) is 5.43. The first-order valence-electron chi connectivity index (χ1n) is 5.88. The molecule has 0 aromatic heterocycles. The van der Waals surface area contributed by atoms with Crippen molar-refractivity contribution in [1.82, 2.24) is 0 Å². The number of hydrogen-bond acceptors (Lipinski definition) is 2. The van der Waals surface area contributed by atoms with E-state index in [0.717, 1.165) is 6.08 Å². The molecule has 3 nitrogen and oxygen atoms in total. The van der Waals surface area contributed by atoms with Crippen LogP contribution >= 0.6 is 11.6 Å². The molecule has 118 valence electrons. The van der Waals surface area contributed by atoms with E-state index in [0.29, 0.717) is 0 Å². The van der Waals surface area contributed by atoms with Crippen molar-refractivity contribution < 1.29 is 27.8 Å². The summed E-state index contributed by atoms with van der Waals surface area (Å²) in [5.74, 6) is -1.78. The van der Waals surface area contributed by atoms with Crippen molar-refractivity contribution in [2.24, 2.45) is 0 Å². The number of halogens is 4. The minimum atomic E-state index is -4.83. The first kappa shape index (κ1) is 17.8. The number of aliphatic carboxylic acids is 1. The molecule has 0 bridgehead atoms. The minimum absolute atomic E-state index is 0.0864. The summed E-state index contributed by atoms with van der Waals surface area (Å²) in [4.78, 5) is 11.0. The molecule has 0 radical (unpaired) electrons. The quantitative estimate of drug-likeness (QED) is 0.807. The highest BCUT2D eigenvalue weighted by Crippen LogP contribution is 2.40. The Bertz CT molecular complexity index is 636. The molecule has 1 aliphatic heterocycles. The maximum atomic E-state index is 12.9. The molecular weight excluding hydrogens is 321 g/mol. The molecule has 0 spiro atoms. The van der Waals surface area contributed by atoms with E-state index in [1.165, 1.54) is 18.2 Å². The summed E-state index contributed by atoms with van der Waals surface area (Å²) in [7, 11) is 0. The smallest absolute Gasteiger partial charge is 0.430 e. The third-order valence-electron chi connectivity index (χ3n) is 2.70. The average molecular weight is 333 g/mol. The van der Waals surface area contributed by atoms with Gasteiger partial charge in [-0.25, -0.2) is 4.79 Å². The van der Waals surface area contributed by atoms with E-state index in [1.807, 2.05) is 0 Å². The van der Waals surface area contributed by atoms with E-state index in [1.54, 1.807) is 0 Å². The second-order valence-corrected chi connectivity index (χ2v) is 4.50. The Morgan fingerprint density at radius 3 is 2.41 bits per heavy atom. The zero-order chi connectivity index (χ0) is 17.1. The van der Waals surface area contributed by atoms with Crippen LogP contribution in [0.5, 0.6) is 5.75 Å². The first-order valence-corrected chi connectivity index (χ1v) is 6.26. The van der Waals surface area contributed by atoms with Crippen LogP contribution in [0.15, 0.2) is 37.4 Å². The summed E-state index contributed by atoms with van der Waals surface area (Å²) in [6.45, 7) is 9.46. The number of carboxylic acid groups (broad SMARTS) is 1. The van der Waals surface area contributed by atoms with Crippen LogP contribution in [-0.4, -0.2) is 23.4 Å². The third kappa shape index (κ3) is 3.51. The van der Waals surface area contributed by atoms with Gasteiger partial charge in [-0.1, -0.05) is 24.3 Å². The fourth-order valence-corrected chi connectivity index (χ4v) is 2.11. The van der Waals surface area contributed by atoms with Crippen molar-refractivity contribution in [2.45, 2.75) is 12.3 Å². The average Bonchev–Trinajstić information content (AvgIpc) is 2.45. The zero-order valence-electron chi connectivity index (χ0n) is 11.3. The Balaban J connectivity index is 0.00000116. The van der Waals surface area contributed by atoms with E-state index < -0.39 is 23.8 Å². The van der Waals surface area contributed by atoms with Gasteiger partial charge < -0.3 is 9.84 Å². The second-order valence-electron chi connectivity index (χ2n) is 4.06. The highest BCUT2D eigenvalue weighted by atomic mass is 35.5. The highest BCUT2D eigenvalue weighted by Gasteiger charge is 2.48. The van der Waals surface area contributed by atoms with Crippen molar-refractivity contribution in [1.29, 1.82) is 0 Å². The van der Waals surface area contributed by atoms with Crippen LogP contribution in [-0.2, 0) is 4.79 Å². The number of hydrogen-bond donors (Lipinski definition) is 1. The first-order chi connectivity index (χ1) is 10.2. The third-order valence-corrected chi connectivity index (χ3v) is 2.92. The molecule has 1 aliphatic rings. The number of alkyl halides is 3. The molecular formula is C15H12ClF3O3. The van der Waals surface area contributed by atoms with Gasteiger partial charge in [0.25, 0.3) is 0 Å². The SMILES string of the molecule is C=C.C=Cc1cc(Cl)cc2c1OC(C(F)(F)F)C(C(=O)O)=C2. The number of fused-ring (bicyclic) bond motifs is 1. The van der Waals surface area contributed by atoms with Crippen LogP contribution in [0.25, 0.3) is 12.2 Å². The second kappa shape index (κ2) is 6.70. The number of carbonyl (C=O) groups is 1. The number of benzene rings is 1. The van der Waals surface area contributed by atoms with Crippen LogP contribution in [0.4, 0.5) is 13.2 Å². The summed E-state index contributed by atoms with van der Waals surface area (Å²) < 4.78 is 43.5. The number of rotatable bonds is 2. The largest absolute Gasteiger partial charge is 0.478 e. The lowest BCUT2D eigenvalue weighted by Gasteiger charge is -2.28. The standard InChI is InChI=1S/C13H8ClF3O3.C2H4/c1-2-6-3-8(14)4-7-5-9(12(18)19)11(13(15,16)17)20-10(6)7;1-2/h2-5,11H,1H2,(H,18,19);1-2H2. The van der Waals surface area contributed by atoms with Gasteiger partial charge in [-0.15, -0.1) is 13.2 Å². The molecule has 1 atom stereocenters. The van der Waals surface area contributed by atoms with Gasteiger partial charge in [-0.3, -0.25) is 0 Å². The van der Waals surface area contributed by atoms with Gasteiger partial charge in [0.2, 0.25) is 6.10 Å². The predicted molar refractivity (Wildman–Crippen MR) is 78.9 cm³/mol. The summed E-state index contributed by atoms with van der Waals surface area (Å²) in [6, 6.07) is 2.72. The van der Waals surface area contributed by atoms with E-state index in [-0.39, 0.29) is 21.9 Å². The summed E-state index contributed by atoms with van der Waals surface area (Å²) >= 11 is 5.81. The molecule has 7 heteroatoms. The fraction of sp³-hybridized carbons (Fsp3) is 0.133. The van der Waals surface area contributed by atoms with Gasteiger partial charge in [0, 0.05) is 16.1 Å². The normalized spacial score (nSPS) is 16.4. The monoisotopic (exact) mass is 332 g/mol. The van der Waals surface area contributed by atoms with Crippen molar-refractivity contribution in [3.05, 3.63) is 53.6 Å². The summed E-state index contributed by atoms with van der Waals surface area (Å²) in [6.07, 6.45) is -5.15. The van der Waals surface area contributed by atoms with E-state index >= 15 is 0 Å². The Morgan fingerprint density at radius 1 is 1.36 bits per heavy atom. The predicted octanol–water partition coefficient (Wildman–Crippen LogP) is 4.58. The highest BCUT2D eigenvalue weighted by molar-refractivity contribution is 6.31. The van der Waals surface area contributed by atoms with E-state index in [2.05, 4.69) is 19.7 Å². The zero-order valence-corrected chi connectivity index (χ0v) is 12.0. The molecule has 22 heavy (non-hydrogen) atoms. The Labute approximate surface area is 130 Å². The molecule has 1 unspecified atom stereocenters. The molecule has 0 fully saturated rings. The van der Waals surface area contributed by atoms with Gasteiger partial charge in [0.1, 0.15) is 5.75 Å². The van der Waals surface area contributed by atoms with Crippen molar-refractivity contribution in [2.75, 3.05) is 0 Å². The van der Waals surface area contributed by atoms with Crippen LogP contribution in [0.3, 0.4) is 0 Å². The summed E-state index contributed by atoms with van der Waals surface area (Å²) in [5.41, 5.74) is -0.449. The van der Waals surface area contributed by atoms with Crippen LogP contribution < -0.4 is 4.74 Å². The summed E-state index contributed by atoms with van der Waals surface area (Å²) in [5, 5.41) is 9.14. The molecule has 0 saturated carbocycles. The van der Waals surface area contributed by atoms with E-state index in [4.69, 9.17) is 21.4 Å². The van der Waals surface area contributed by atoms with Gasteiger partial charge in [0.15, 0.2) is 0 Å². The lowest BCUT2D eigenvalue weighted by Crippen LogP contribution is -2.40. The van der Waals surface area contributed by atoms with Crippen LogP contribution in [0.1, 0.15) is 11.1 Å². The lowest BCUT2D eigenvalue weighted by atomic mass is 9.99. The topological polar surface area (TPSA) is 46.5 Å². The Morgan fingerprint density at radius 2 is 1.95 bits per heavy atom. The van der Waals surface area contributed by atoms with E-state index in [9.17, 15) is 18.0 Å². The van der Waals surface area contributed by atoms with Gasteiger partial charge >= 0.3 is 12.1 Å².